The van der Waals surface area contributed by atoms with Gasteiger partial charge in [0.1, 0.15) is 16.3 Å². The first-order valence-electron chi connectivity index (χ1n) is 11.7. The van der Waals surface area contributed by atoms with E-state index in [1.54, 1.807) is 18.3 Å². The molecule has 3 heterocycles. The van der Waals surface area contributed by atoms with Crippen LogP contribution in [0, 0.1) is 6.92 Å². The van der Waals surface area contributed by atoms with Gasteiger partial charge in [0, 0.05) is 24.1 Å². The number of H-pyrrole nitrogens is 1. The SMILES string of the molecule is Cc1cc(Nc2nccc(C(F)(F)F)n2)cc(-c2cnc(C3(O)CCC(NC(=O)c4c[nH]nn4)CC3)s2)c1. The number of benzene rings is 1. The predicted octanol–water partition coefficient (Wildman–Crippen LogP) is 4.35. The maximum Gasteiger partial charge on any atom is 0.433 e. The number of hydrogen-bond acceptors (Lipinski definition) is 9. The highest BCUT2D eigenvalue weighted by atomic mass is 32.1. The Labute approximate surface area is 218 Å². The van der Waals surface area contributed by atoms with Crippen molar-refractivity contribution in [1.29, 1.82) is 0 Å². The monoisotopic (exact) mass is 544 g/mol. The maximum absolute atomic E-state index is 13.0. The van der Waals surface area contributed by atoms with Gasteiger partial charge in [-0.1, -0.05) is 11.3 Å². The van der Waals surface area contributed by atoms with E-state index in [2.05, 4.69) is 41.0 Å². The molecule has 10 nitrogen and oxygen atoms in total. The summed E-state index contributed by atoms with van der Waals surface area (Å²) in [6.45, 7) is 1.87. The van der Waals surface area contributed by atoms with E-state index in [1.807, 2.05) is 13.0 Å². The van der Waals surface area contributed by atoms with Crippen LogP contribution >= 0.6 is 11.3 Å². The Morgan fingerprint density at radius 1 is 1.21 bits per heavy atom. The van der Waals surface area contributed by atoms with Gasteiger partial charge in [-0.2, -0.15) is 13.2 Å². The summed E-state index contributed by atoms with van der Waals surface area (Å²) in [5.41, 5.74) is 0.248. The van der Waals surface area contributed by atoms with Crippen LogP contribution in [-0.2, 0) is 11.8 Å². The number of aromatic nitrogens is 6. The highest BCUT2D eigenvalue weighted by Crippen LogP contribution is 2.41. The molecule has 0 bridgehead atoms. The molecule has 1 aliphatic rings. The minimum absolute atomic E-state index is 0.0950. The number of aromatic amines is 1. The molecule has 0 saturated heterocycles. The average molecular weight is 545 g/mol. The van der Waals surface area contributed by atoms with Crippen molar-refractivity contribution in [2.75, 3.05) is 5.32 Å². The number of alkyl halides is 3. The van der Waals surface area contributed by atoms with E-state index in [4.69, 9.17) is 0 Å². The van der Waals surface area contributed by atoms with Crippen molar-refractivity contribution >= 4 is 28.9 Å². The van der Waals surface area contributed by atoms with Crippen molar-refractivity contribution in [3.63, 3.8) is 0 Å². The van der Waals surface area contributed by atoms with Crippen LogP contribution in [0.2, 0.25) is 0 Å². The molecule has 198 valence electrons. The molecular weight excluding hydrogens is 521 g/mol. The van der Waals surface area contributed by atoms with Crippen molar-refractivity contribution in [2.45, 2.75) is 50.4 Å². The summed E-state index contributed by atoms with van der Waals surface area (Å²) in [4.78, 5) is 25.0. The first kappa shape index (κ1) is 25.7. The molecule has 4 N–H and O–H groups in total. The molecule has 1 saturated carbocycles. The molecule has 3 aromatic heterocycles. The maximum atomic E-state index is 13.0. The fraction of sp³-hybridized carbons (Fsp3) is 0.333. The minimum atomic E-state index is -4.57. The number of halogens is 3. The zero-order valence-corrected chi connectivity index (χ0v) is 20.9. The fourth-order valence-corrected chi connectivity index (χ4v) is 5.40. The first-order chi connectivity index (χ1) is 18.1. The van der Waals surface area contributed by atoms with Crippen LogP contribution in [0.4, 0.5) is 24.8 Å². The largest absolute Gasteiger partial charge is 0.433 e. The van der Waals surface area contributed by atoms with Gasteiger partial charge in [-0.15, -0.1) is 16.4 Å². The van der Waals surface area contributed by atoms with E-state index in [9.17, 15) is 23.1 Å². The highest BCUT2D eigenvalue weighted by Gasteiger charge is 2.38. The summed E-state index contributed by atoms with van der Waals surface area (Å²) >= 11 is 1.36. The molecule has 0 radical (unpaired) electrons. The topological polar surface area (TPSA) is 142 Å². The van der Waals surface area contributed by atoms with Crippen molar-refractivity contribution in [3.05, 3.63) is 64.8 Å². The molecule has 0 atom stereocenters. The third-order valence-corrected chi connectivity index (χ3v) is 7.50. The Morgan fingerprint density at radius 2 is 2.00 bits per heavy atom. The van der Waals surface area contributed by atoms with Gasteiger partial charge < -0.3 is 15.7 Å². The second-order valence-electron chi connectivity index (χ2n) is 9.14. The van der Waals surface area contributed by atoms with E-state index in [-0.39, 0.29) is 23.6 Å². The number of carbonyl (C=O) groups is 1. The summed E-state index contributed by atoms with van der Waals surface area (Å²) in [5.74, 6) is -0.479. The number of nitrogens with one attached hydrogen (secondary N) is 3. The number of carbonyl (C=O) groups excluding carboxylic acids is 1. The molecule has 14 heteroatoms. The van der Waals surface area contributed by atoms with E-state index >= 15 is 0 Å². The van der Waals surface area contributed by atoms with Crippen LogP contribution < -0.4 is 10.6 Å². The summed E-state index contributed by atoms with van der Waals surface area (Å²) in [6, 6.07) is 6.19. The number of thiazole rings is 1. The van der Waals surface area contributed by atoms with Gasteiger partial charge in [0.15, 0.2) is 5.69 Å². The lowest BCUT2D eigenvalue weighted by Gasteiger charge is -2.34. The molecule has 1 aromatic carbocycles. The van der Waals surface area contributed by atoms with Crippen LogP contribution in [0.15, 0.2) is 42.9 Å². The predicted molar refractivity (Wildman–Crippen MR) is 133 cm³/mol. The third-order valence-electron chi connectivity index (χ3n) is 6.27. The van der Waals surface area contributed by atoms with Gasteiger partial charge in [0.2, 0.25) is 5.95 Å². The van der Waals surface area contributed by atoms with Gasteiger partial charge in [-0.05, 0) is 61.9 Å². The zero-order valence-electron chi connectivity index (χ0n) is 20.1. The van der Waals surface area contributed by atoms with Gasteiger partial charge >= 0.3 is 6.18 Å². The number of aliphatic hydroxyl groups is 1. The number of anilines is 2. The van der Waals surface area contributed by atoms with E-state index in [0.717, 1.165) is 28.3 Å². The summed E-state index contributed by atoms with van der Waals surface area (Å²) in [5, 5.41) is 27.4. The summed E-state index contributed by atoms with van der Waals surface area (Å²) in [6.07, 6.45) is 1.58. The standard InChI is InChI=1S/C24H23F3N8O2S/c1-13-8-14(10-16(9-13)32-22-28-7-4-19(33-22)24(25,26)27)18-12-29-21(38-18)23(37)5-2-15(3-6-23)31-20(36)17-11-30-35-34-17/h4,7-12,15,37H,2-3,5-6H2,1H3,(H,31,36)(H,28,32,33)(H,30,34,35). The van der Waals surface area contributed by atoms with E-state index < -0.39 is 17.5 Å². The second kappa shape index (κ2) is 10.1. The number of aryl methyl sites for hydroxylation is 1. The number of hydrogen-bond donors (Lipinski definition) is 4. The van der Waals surface area contributed by atoms with Crippen LogP contribution in [-0.4, -0.2) is 47.4 Å². The fourth-order valence-electron chi connectivity index (χ4n) is 4.35. The molecule has 0 spiro atoms. The third kappa shape index (κ3) is 5.65. The Morgan fingerprint density at radius 3 is 2.71 bits per heavy atom. The van der Waals surface area contributed by atoms with Crippen molar-refractivity contribution in [1.82, 2.24) is 35.7 Å². The minimum Gasteiger partial charge on any atom is -0.383 e. The molecular formula is C24H23F3N8O2S. The molecule has 5 rings (SSSR count). The Balaban J connectivity index is 1.28. The molecule has 1 fully saturated rings. The average Bonchev–Trinajstić information content (AvgIpc) is 3.58. The van der Waals surface area contributed by atoms with Crippen LogP contribution in [0.3, 0.4) is 0 Å². The molecule has 0 aliphatic heterocycles. The lowest BCUT2D eigenvalue weighted by Crippen LogP contribution is -2.42. The Hall–Kier alpha value is -3.91. The van der Waals surface area contributed by atoms with Gasteiger partial charge in [0.25, 0.3) is 5.91 Å². The lowest BCUT2D eigenvalue weighted by molar-refractivity contribution is -0.141. The van der Waals surface area contributed by atoms with Crippen LogP contribution in [0.25, 0.3) is 10.4 Å². The smallest absolute Gasteiger partial charge is 0.383 e. The van der Waals surface area contributed by atoms with Crippen LogP contribution in [0.1, 0.15) is 52.4 Å². The van der Waals surface area contributed by atoms with Crippen LogP contribution in [0.5, 0.6) is 0 Å². The summed E-state index contributed by atoms with van der Waals surface area (Å²) < 4.78 is 39.0. The van der Waals surface area contributed by atoms with Gasteiger partial charge in [0.05, 0.1) is 11.1 Å². The normalized spacial score (nSPS) is 19.8. The second-order valence-corrected chi connectivity index (χ2v) is 10.2. The molecule has 4 aromatic rings. The highest BCUT2D eigenvalue weighted by molar-refractivity contribution is 7.15. The van der Waals surface area contributed by atoms with Crippen molar-refractivity contribution < 1.29 is 23.1 Å². The van der Waals surface area contributed by atoms with E-state index in [1.165, 1.54) is 17.5 Å². The zero-order chi connectivity index (χ0) is 26.9. The first-order valence-corrected chi connectivity index (χ1v) is 12.6. The molecule has 1 amide bonds. The number of nitrogens with zero attached hydrogens (tertiary/aromatic N) is 5. The quantitative estimate of drug-likeness (QED) is 0.281. The molecule has 1 aliphatic carbocycles. The Bertz CT molecular complexity index is 1430. The van der Waals surface area contributed by atoms with Crippen molar-refractivity contribution in [2.24, 2.45) is 0 Å². The van der Waals surface area contributed by atoms with Gasteiger partial charge in [-0.25, -0.2) is 15.0 Å². The molecule has 0 unspecified atom stereocenters. The number of rotatable bonds is 6. The Kier molecular flexibility index (Phi) is 6.84. The van der Waals surface area contributed by atoms with E-state index in [0.29, 0.717) is 36.4 Å². The van der Waals surface area contributed by atoms with Gasteiger partial charge in [-0.3, -0.25) is 9.89 Å². The molecule has 38 heavy (non-hydrogen) atoms. The number of amides is 1. The van der Waals surface area contributed by atoms with Crippen molar-refractivity contribution in [3.8, 4) is 10.4 Å². The summed E-state index contributed by atoms with van der Waals surface area (Å²) in [7, 11) is 0. The lowest BCUT2D eigenvalue weighted by atomic mass is 9.82.